The molecule has 2 aliphatic heterocycles. The minimum Gasteiger partial charge on any atom is -0.447 e. The van der Waals surface area contributed by atoms with Crippen LogP contribution >= 0.6 is 11.8 Å². The molecule has 3 rings (SSSR count). The molecule has 1 aromatic rings. The molecule has 26 heavy (non-hydrogen) atoms. The van der Waals surface area contributed by atoms with E-state index < -0.39 is 0 Å². The zero-order chi connectivity index (χ0) is 18.7. The van der Waals surface area contributed by atoms with Gasteiger partial charge in [0.15, 0.2) is 0 Å². The number of amides is 2. The lowest BCUT2D eigenvalue weighted by Crippen LogP contribution is -2.53. The highest BCUT2D eigenvalue weighted by Crippen LogP contribution is 2.31. The van der Waals surface area contributed by atoms with Gasteiger partial charge in [0.25, 0.3) is 5.91 Å². The van der Waals surface area contributed by atoms with Crippen molar-refractivity contribution in [3.8, 4) is 0 Å². The van der Waals surface area contributed by atoms with Crippen LogP contribution in [-0.2, 0) is 4.74 Å². The molecule has 0 aliphatic carbocycles. The second-order valence-corrected chi connectivity index (χ2v) is 8.55. The number of cyclic esters (lactones) is 1. The van der Waals surface area contributed by atoms with Crippen LogP contribution in [0, 0.1) is 0 Å². The van der Waals surface area contributed by atoms with Crippen molar-refractivity contribution in [2.45, 2.75) is 56.6 Å². The monoisotopic (exact) mass is 377 g/mol. The fraction of sp³-hybridized carbons (Fsp3) is 0.632. The Labute approximate surface area is 159 Å². The van der Waals surface area contributed by atoms with Crippen molar-refractivity contribution in [3.05, 3.63) is 23.9 Å². The molecule has 2 amide bonds. The zero-order valence-corrected chi connectivity index (χ0v) is 16.6. The van der Waals surface area contributed by atoms with Crippen molar-refractivity contribution < 1.29 is 14.3 Å². The topological polar surface area (TPSA) is 62.7 Å². The maximum Gasteiger partial charge on any atom is 0.410 e. The Morgan fingerprint density at radius 2 is 2.12 bits per heavy atom. The number of aromatic nitrogens is 1. The molecule has 3 heterocycles. The molecule has 0 unspecified atom stereocenters. The normalized spacial score (nSPS) is 20.3. The molecular weight excluding hydrogens is 350 g/mol. The van der Waals surface area contributed by atoms with E-state index in [2.05, 4.69) is 11.9 Å². The summed E-state index contributed by atoms with van der Waals surface area (Å²) >= 11 is 1.63. The van der Waals surface area contributed by atoms with Crippen LogP contribution in [0.4, 0.5) is 4.79 Å². The molecule has 0 aromatic carbocycles. The van der Waals surface area contributed by atoms with Gasteiger partial charge in [0.2, 0.25) is 0 Å². The molecular formula is C19H27N3O3S. The number of hydrogen-bond acceptors (Lipinski definition) is 5. The van der Waals surface area contributed by atoms with Crippen LogP contribution in [0.3, 0.4) is 0 Å². The third kappa shape index (κ3) is 3.82. The Balaban J connectivity index is 1.65. The van der Waals surface area contributed by atoms with Gasteiger partial charge >= 0.3 is 6.09 Å². The molecule has 0 atom stereocenters. The number of thioether (sulfide) groups is 1. The van der Waals surface area contributed by atoms with Crippen LogP contribution in [0.2, 0.25) is 0 Å². The van der Waals surface area contributed by atoms with Gasteiger partial charge in [0.05, 0.1) is 11.1 Å². The van der Waals surface area contributed by atoms with Gasteiger partial charge in [-0.15, -0.1) is 11.8 Å². The van der Waals surface area contributed by atoms with Crippen LogP contribution in [0.25, 0.3) is 0 Å². The van der Waals surface area contributed by atoms with E-state index in [9.17, 15) is 9.59 Å². The number of piperidine rings is 1. The second-order valence-electron chi connectivity index (χ2n) is 7.46. The van der Waals surface area contributed by atoms with Crippen LogP contribution in [0.5, 0.6) is 0 Å². The van der Waals surface area contributed by atoms with Crippen LogP contribution in [0.1, 0.15) is 50.4 Å². The number of likely N-dealkylation sites (tertiary alicyclic amines) is 1. The molecule has 0 bridgehead atoms. The number of pyridine rings is 1. The minimum atomic E-state index is -0.277. The van der Waals surface area contributed by atoms with Crippen molar-refractivity contribution in [3.63, 3.8) is 0 Å². The fourth-order valence-corrected chi connectivity index (χ4v) is 4.48. The van der Waals surface area contributed by atoms with Gasteiger partial charge in [-0.3, -0.25) is 9.69 Å². The smallest absolute Gasteiger partial charge is 0.410 e. The lowest BCUT2D eigenvalue weighted by atomic mass is 9.97. The molecule has 0 saturated carbocycles. The standard InChI is InChI=1S/C19H27N3O3S/c1-4-12-26-16-15(6-5-9-20-16)17(23)21-10-7-14(8-11-21)22-18(24)25-13-19(22,2)3/h5-6,9,14H,4,7-8,10-13H2,1-3H3. The lowest BCUT2D eigenvalue weighted by molar-refractivity contribution is 0.0585. The molecule has 7 heteroatoms. The number of hydrogen-bond donors (Lipinski definition) is 0. The van der Waals surface area contributed by atoms with Gasteiger partial charge in [-0.05, 0) is 51.0 Å². The molecule has 0 N–H and O–H groups in total. The van der Waals surface area contributed by atoms with Crippen LogP contribution < -0.4 is 0 Å². The van der Waals surface area contributed by atoms with E-state index in [0.29, 0.717) is 25.3 Å². The highest BCUT2D eigenvalue weighted by molar-refractivity contribution is 7.99. The number of nitrogens with zero attached hydrogens (tertiary/aromatic N) is 3. The Kier molecular flexibility index (Phi) is 5.75. The van der Waals surface area contributed by atoms with Crippen LogP contribution in [0.15, 0.2) is 23.4 Å². The molecule has 2 aliphatic rings. The summed E-state index contributed by atoms with van der Waals surface area (Å²) in [5, 5.41) is 0.811. The molecule has 1 aromatic heterocycles. The third-order valence-electron chi connectivity index (χ3n) is 4.96. The van der Waals surface area contributed by atoms with Crippen molar-refractivity contribution in [2.75, 3.05) is 25.4 Å². The molecule has 0 radical (unpaired) electrons. The number of carbonyl (C=O) groups excluding carboxylic acids is 2. The molecule has 2 fully saturated rings. The van der Waals surface area contributed by atoms with Crippen molar-refractivity contribution in [1.82, 2.24) is 14.8 Å². The second kappa shape index (κ2) is 7.86. The van der Waals surface area contributed by atoms with Gasteiger partial charge in [0.1, 0.15) is 11.6 Å². The SMILES string of the molecule is CCCSc1ncccc1C(=O)N1CCC(N2C(=O)OCC2(C)C)CC1. The van der Waals surface area contributed by atoms with Gasteiger partial charge in [-0.2, -0.15) is 0 Å². The summed E-state index contributed by atoms with van der Waals surface area (Å²) in [6.07, 6.45) is 4.11. The Morgan fingerprint density at radius 3 is 2.73 bits per heavy atom. The summed E-state index contributed by atoms with van der Waals surface area (Å²) in [6.45, 7) is 7.91. The van der Waals surface area contributed by atoms with Crippen molar-refractivity contribution >= 4 is 23.8 Å². The van der Waals surface area contributed by atoms with Gasteiger partial charge < -0.3 is 9.64 Å². The summed E-state index contributed by atoms with van der Waals surface area (Å²) in [5.41, 5.74) is 0.409. The first-order valence-electron chi connectivity index (χ1n) is 9.27. The first-order valence-corrected chi connectivity index (χ1v) is 10.3. The Morgan fingerprint density at radius 1 is 1.38 bits per heavy atom. The molecule has 2 saturated heterocycles. The van der Waals surface area contributed by atoms with Crippen molar-refractivity contribution in [1.29, 1.82) is 0 Å². The van der Waals surface area contributed by atoms with E-state index in [-0.39, 0.29) is 23.6 Å². The Hall–Kier alpha value is -1.76. The van der Waals surface area contributed by atoms with Gasteiger partial charge in [-0.25, -0.2) is 9.78 Å². The quantitative estimate of drug-likeness (QED) is 0.736. The van der Waals surface area contributed by atoms with Gasteiger partial charge in [0, 0.05) is 25.3 Å². The first kappa shape index (κ1) is 19.0. The van der Waals surface area contributed by atoms with Crippen LogP contribution in [-0.4, -0.2) is 63.8 Å². The van der Waals surface area contributed by atoms with Gasteiger partial charge in [-0.1, -0.05) is 6.92 Å². The molecule has 6 nitrogen and oxygen atoms in total. The third-order valence-corrected chi connectivity index (χ3v) is 6.17. The summed E-state index contributed by atoms with van der Waals surface area (Å²) in [5.74, 6) is 0.990. The van der Waals surface area contributed by atoms with Crippen molar-refractivity contribution in [2.24, 2.45) is 0 Å². The van der Waals surface area contributed by atoms with E-state index in [1.54, 1.807) is 18.0 Å². The number of rotatable bonds is 5. The highest BCUT2D eigenvalue weighted by Gasteiger charge is 2.45. The number of carbonyl (C=O) groups is 2. The molecule has 0 spiro atoms. The average Bonchev–Trinajstić information content (AvgIpc) is 2.92. The summed E-state index contributed by atoms with van der Waals surface area (Å²) < 4.78 is 5.23. The molecule has 142 valence electrons. The Bertz CT molecular complexity index is 672. The average molecular weight is 378 g/mol. The van der Waals surface area contributed by atoms with E-state index in [4.69, 9.17) is 4.74 Å². The van der Waals surface area contributed by atoms with E-state index in [0.717, 1.165) is 30.0 Å². The summed E-state index contributed by atoms with van der Waals surface area (Å²) in [7, 11) is 0. The van der Waals surface area contributed by atoms with E-state index in [1.165, 1.54) is 0 Å². The number of ether oxygens (including phenoxy) is 1. The summed E-state index contributed by atoms with van der Waals surface area (Å²) in [4.78, 5) is 33.2. The highest BCUT2D eigenvalue weighted by atomic mass is 32.2. The minimum absolute atomic E-state index is 0.0402. The zero-order valence-electron chi connectivity index (χ0n) is 15.7. The summed E-state index contributed by atoms with van der Waals surface area (Å²) in [6, 6.07) is 3.81. The fourth-order valence-electron chi connectivity index (χ4n) is 3.63. The largest absolute Gasteiger partial charge is 0.447 e. The maximum absolute atomic E-state index is 13.0. The predicted octanol–water partition coefficient (Wildman–Crippen LogP) is 3.42. The van der Waals surface area contributed by atoms with E-state index >= 15 is 0 Å². The predicted molar refractivity (Wildman–Crippen MR) is 101 cm³/mol. The maximum atomic E-state index is 13.0. The van der Waals surface area contributed by atoms with E-state index in [1.807, 2.05) is 35.8 Å². The lowest BCUT2D eigenvalue weighted by Gasteiger charge is -2.40. The first-order chi connectivity index (χ1) is 12.4.